The van der Waals surface area contributed by atoms with E-state index in [2.05, 4.69) is 4.98 Å². The SMILES string of the molecule is O=C(c1cncc(F)c1)N1CCSC1c1ccccc1Cl. The largest absolute Gasteiger partial charge is 0.322 e. The topological polar surface area (TPSA) is 33.2 Å². The Bertz CT molecular complexity index is 682. The third-order valence-corrected chi connectivity index (χ3v) is 4.86. The Morgan fingerprint density at radius 3 is 2.95 bits per heavy atom. The summed E-state index contributed by atoms with van der Waals surface area (Å²) in [6, 6.07) is 8.68. The van der Waals surface area contributed by atoms with Crippen LogP contribution in [0.15, 0.2) is 42.7 Å². The molecule has 0 aliphatic carbocycles. The second-order valence-electron chi connectivity index (χ2n) is 4.64. The number of thioether (sulfide) groups is 1. The molecule has 2 heterocycles. The summed E-state index contributed by atoms with van der Waals surface area (Å²) in [5.74, 6) is 0.0867. The standard InChI is InChI=1S/C15H12ClFN2OS/c16-13-4-2-1-3-12(13)15-19(5-6-21-15)14(20)10-7-11(17)9-18-8-10/h1-4,7-9,15H,5-6H2. The summed E-state index contributed by atoms with van der Waals surface area (Å²) in [4.78, 5) is 18.0. The Morgan fingerprint density at radius 1 is 1.38 bits per heavy atom. The monoisotopic (exact) mass is 322 g/mol. The van der Waals surface area contributed by atoms with Crippen molar-refractivity contribution in [1.29, 1.82) is 0 Å². The summed E-state index contributed by atoms with van der Waals surface area (Å²) in [6.45, 7) is 0.607. The molecule has 21 heavy (non-hydrogen) atoms. The molecule has 108 valence electrons. The van der Waals surface area contributed by atoms with E-state index in [1.54, 1.807) is 16.7 Å². The maximum absolute atomic E-state index is 13.2. The Hall–Kier alpha value is -1.59. The molecular formula is C15H12ClFN2OS. The van der Waals surface area contributed by atoms with Crippen LogP contribution in [0.25, 0.3) is 0 Å². The predicted molar refractivity (Wildman–Crippen MR) is 81.9 cm³/mol. The lowest BCUT2D eigenvalue weighted by atomic mass is 10.2. The molecule has 2 aromatic rings. The van der Waals surface area contributed by atoms with Gasteiger partial charge in [-0.3, -0.25) is 9.78 Å². The lowest BCUT2D eigenvalue weighted by molar-refractivity contribution is 0.0759. The van der Waals surface area contributed by atoms with Crippen molar-refractivity contribution in [3.05, 3.63) is 64.7 Å². The van der Waals surface area contributed by atoms with Crippen LogP contribution in [0.1, 0.15) is 21.3 Å². The number of carbonyl (C=O) groups is 1. The summed E-state index contributed by atoms with van der Waals surface area (Å²) in [7, 11) is 0. The highest BCUT2D eigenvalue weighted by atomic mass is 35.5. The van der Waals surface area contributed by atoms with Crippen molar-refractivity contribution in [3.8, 4) is 0 Å². The number of pyridine rings is 1. The second kappa shape index (κ2) is 6.03. The molecule has 1 aliphatic heterocycles. The van der Waals surface area contributed by atoms with Crippen LogP contribution in [0.2, 0.25) is 5.02 Å². The third-order valence-electron chi connectivity index (χ3n) is 3.27. The lowest BCUT2D eigenvalue weighted by Gasteiger charge is -2.24. The van der Waals surface area contributed by atoms with E-state index in [-0.39, 0.29) is 16.8 Å². The minimum atomic E-state index is -0.512. The van der Waals surface area contributed by atoms with Gasteiger partial charge in [-0.25, -0.2) is 4.39 Å². The molecule has 0 radical (unpaired) electrons. The minimum absolute atomic E-state index is 0.144. The Balaban J connectivity index is 1.91. The van der Waals surface area contributed by atoms with Crippen LogP contribution in [0.5, 0.6) is 0 Å². The molecule has 1 amide bonds. The number of halogens is 2. The Labute approximate surface area is 131 Å². The molecule has 1 aromatic carbocycles. The smallest absolute Gasteiger partial charge is 0.256 e. The van der Waals surface area contributed by atoms with Gasteiger partial charge in [-0.2, -0.15) is 0 Å². The molecule has 3 rings (SSSR count). The number of hydrogen-bond acceptors (Lipinski definition) is 3. The van der Waals surface area contributed by atoms with Gasteiger partial charge in [-0.15, -0.1) is 11.8 Å². The molecule has 0 N–H and O–H groups in total. The molecular weight excluding hydrogens is 311 g/mol. The first-order valence-electron chi connectivity index (χ1n) is 6.44. The molecule has 1 saturated heterocycles. The van der Waals surface area contributed by atoms with Crippen molar-refractivity contribution < 1.29 is 9.18 Å². The van der Waals surface area contributed by atoms with Crippen molar-refractivity contribution in [2.75, 3.05) is 12.3 Å². The van der Waals surface area contributed by atoms with Crippen molar-refractivity contribution in [3.63, 3.8) is 0 Å². The molecule has 0 saturated carbocycles. The first-order chi connectivity index (χ1) is 10.2. The van der Waals surface area contributed by atoms with Crippen LogP contribution in [0.4, 0.5) is 4.39 Å². The number of amides is 1. The van der Waals surface area contributed by atoms with E-state index in [0.29, 0.717) is 11.6 Å². The van der Waals surface area contributed by atoms with Gasteiger partial charge >= 0.3 is 0 Å². The molecule has 1 fully saturated rings. The van der Waals surface area contributed by atoms with Gasteiger partial charge < -0.3 is 4.90 Å². The highest BCUT2D eigenvalue weighted by Gasteiger charge is 2.32. The first-order valence-corrected chi connectivity index (χ1v) is 7.87. The van der Waals surface area contributed by atoms with Gasteiger partial charge in [0.15, 0.2) is 0 Å². The van der Waals surface area contributed by atoms with Crippen LogP contribution in [-0.2, 0) is 0 Å². The average Bonchev–Trinajstić information content (AvgIpc) is 2.96. The van der Waals surface area contributed by atoms with E-state index in [1.165, 1.54) is 12.3 Å². The van der Waals surface area contributed by atoms with Gasteiger partial charge in [-0.05, 0) is 12.1 Å². The molecule has 1 aromatic heterocycles. The quantitative estimate of drug-likeness (QED) is 0.844. The molecule has 1 atom stereocenters. The van der Waals surface area contributed by atoms with Crippen LogP contribution >= 0.6 is 23.4 Å². The van der Waals surface area contributed by atoms with Crippen molar-refractivity contribution in [2.24, 2.45) is 0 Å². The Morgan fingerprint density at radius 2 is 2.19 bits per heavy atom. The molecule has 0 spiro atoms. The van der Waals surface area contributed by atoms with Gasteiger partial charge in [0.05, 0.1) is 11.8 Å². The van der Waals surface area contributed by atoms with Crippen molar-refractivity contribution >= 4 is 29.3 Å². The summed E-state index contributed by atoms with van der Waals surface area (Å²) in [6.07, 6.45) is 2.47. The fraction of sp³-hybridized carbons (Fsp3) is 0.200. The molecule has 0 bridgehead atoms. The van der Waals surface area contributed by atoms with Gasteiger partial charge in [0.1, 0.15) is 11.2 Å². The molecule has 6 heteroatoms. The number of nitrogens with zero attached hydrogens (tertiary/aromatic N) is 2. The Kier molecular flexibility index (Phi) is 4.12. The highest BCUT2D eigenvalue weighted by molar-refractivity contribution is 7.99. The summed E-state index contributed by atoms with van der Waals surface area (Å²) in [5.41, 5.74) is 1.16. The number of rotatable bonds is 2. The minimum Gasteiger partial charge on any atom is -0.322 e. The zero-order valence-corrected chi connectivity index (χ0v) is 12.6. The fourth-order valence-electron chi connectivity index (χ4n) is 2.31. The number of carbonyl (C=O) groups excluding carboxylic acids is 1. The van der Waals surface area contributed by atoms with Crippen LogP contribution < -0.4 is 0 Å². The zero-order valence-electron chi connectivity index (χ0n) is 11.0. The van der Waals surface area contributed by atoms with E-state index >= 15 is 0 Å². The third kappa shape index (κ3) is 2.89. The van der Waals surface area contributed by atoms with Crippen LogP contribution in [0.3, 0.4) is 0 Å². The maximum Gasteiger partial charge on any atom is 0.256 e. The van der Waals surface area contributed by atoms with Crippen LogP contribution in [-0.4, -0.2) is 28.1 Å². The molecule has 3 nitrogen and oxygen atoms in total. The van der Waals surface area contributed by atoms with Crippen LogP contribution in [0, 0.1) is 5.82 Å². The van der Waals surface area contributed by atoms with Gasteiger partial charge in [0, 0.05) is 29.1 Å². The van der Waals surface area contributed by atoms with Crippen molar-refractivity contribution in [2.45, 2.75) is 5.37 Å². The normalized spacial score (nSPS) is 18.0. The van der Waals surface area contributed by atoms with Crippen molar-refractivity contribution in [1.82, 2.24) is 9.88 Å². The fourth-order valence-corrected chi connectivity index (χ4v) is 3.90. The summed E-state index contributed by atoms with van der Waals surface area (Å²) in [5, 5.41) is 0.488. The highest BCUT2D eigenvalue weighted by Crippen LogP contribution is 2.41. The van der Waals surface area contributed by atoms with E-state index in [0.717, 1.165) is 17.5 Å². The first kappa shape index (κ1) is 14.4. The van der Waals surface area contributed by atoms with E-state index in [9.17, 15) is 9.18 Å². The number of benzene rings is 1. The zero-order chi connectivity index (χ0) is 14.8. The average molecular weight is 323 g/mol. The summed E-state index contributed by atoms with van der Waals surface area (Å²) >= 11 is 7.87. The number of hydrogen-bond donors (Lipinski definition) is 0. The van der Waals surface area contributed by atoms with E-state index in [1.807, 2.05) is 24.3 Å². The number of aromatic nitrogens is 1. The molecule has 1 unspecified atom stereocenters. The van der Waals surface area contributed by atoms with E-state index in [4.69, 9.17) is 11.6 Å². The maximum atomic E-state index is 13.2. The lowest BCUT2D eigenvalue weighted by Crippen LogP contribution is -2.30. The van der Waals surface area contributed by atoms with Gasteiger partial charge in [0.25, 0.3) is 5.91 Å². The predicted octanol–water partition coefficient (Wildman–Crippen LogP) is 3.76. The second-order valence-corrected chi connectivity index (χ2v) is 6.23. The van der Waals surface area contributed by atoms with Gasteiger partial charge in [0.2, 0.25) is 0 Å². The molecule has 1 aliphatic rings. The van der Waals surface area contributed by atoms with Gasteiger partial charge in [-0.1, -0.05) is 29.8 Å². The van der Waals surface area contributed by atoms with E-state index < -0.39 is 5.82 Å². The summed E-state index contributed by atoms with van der Waals surface area (Å²) < 4.78 is 13.2.